The highest BCUT2D eigenvalue weighted by Crippen LogP contribution is 2.18. The van der Waals surface area contributed by atoms with E-state index < -0.39 is 23.6 Å². The van der Waals surface area contributed by atoms with Gasteiger partial charge in [0.25, 0.3) is 5.91 Å². The SMILES string of the molecule is CC(C)n1ncc2cc(C(=O)NC[C@@H](O)c3ccc(F)c(F)c3)cnc21. The van der Waals surface area contributed by atoms with Crippen molar-refractivity contribution >= 4 is 16.9 Å². The average Bonchev–Trinajstić information content (AvgIpc) is 3.05. The van der Waals surface area contributed by atoms with Crippen LogP contribution in [0.2, 0.25) is 0 Å². The predicted octanol–water partition coefficient (Wildman–Crippen LogP) is 2.75. The number of carbonyl (C=O) groups excluding carboxylic acids is 1. The lowest BCUT2D eigenvalue weighted by Gasteiger charge is -2.12. The molecule has 3 rings (SSSR count). The second kappa shape index (κ2) is 7.17. The van der Waals surface area contributed by atoms with E-state index in [-0.39, 0.29) is 18.2 Å². The Morgan fingerprint density at radius 3 is 2.69 bits per heavy atom. The van der Waals surface area contributed by atoms with Gasteiger partial charge in [0.05, 0.1) is 17.9 Å². The number of aliphatic hydroxyl groups is 1. The number of rotatable bonds is 5. The van der Waals surface area contributed by atoms with Crippen LogP contribution in [0.1, 0.15) is 41.9 Å². The average molecular weight is 360 g/mol. The second-order valence-electron chi connectivity index (χ2n) is 6.22. The molecule has 0 unspecified atom stereocenters. The maximum absolute atomic E-state index is 13.2. The van der Waals surface area contributed by atoms with Gasteiger partial charge in [-0.15, -0.1) is 0 Å². The Balaban J connectivity index is 1.69. The molecule has 8 heteroatoms. The van der Waals surface area contributed by atoms with Crippen LogP contribution in [0.3, 0.4) is 0 Å². The smallest absolute Gasteiger partial charge is 0.252 e. The molecule has 26 heavy (non-hydrogen) atoms. The van der Waals surface area contributed by atoms with Crippen LogP contribution in [-0.2, 0) is 0 Å². The minimum Gasteiger partial charge on any atom is -0.387 e. The molecule has 0 aliphatic heterocycles. The molecule has 6 nitrogen and oxygen atoms in total. The molecule has 0 saturated heterocycles. The number of amides is 1. The van der Waals surface area contributed by atoms with E-state index in [0.29, 0.717) is 11.2 Å². The highest BCUT2D eigenvalue weighted by Gasteiger charge is 2.15. The number of fused-ring (bicyclic) bond motifs is 1. The fraction of sp³-hybridized carbons (Fsp3) is 0.278. The summed E-state index contributed by atoms with van der Waals surface area (Å²) in [5, 5.41) is 17.6. The second-order valence-corrected chi connectivity index (χ2v) is 6.22. The van der Waals surface area contributed by atoms with E-state index in [0.717, 1.165) is 17.5 Å². The van der Waals surface area contributed by atoms with Crippen molar-refractivity contribution in [2.24, 2.45) is 0 Å². The van der Waals surface area contributed by atoms with Gasteiger partial charge in [-0.1, -0.05) is 6.07 Å². The van der Waals surface area contributed by atoms with Crippen molar-refractivity contribution in [2.75, 3.05) is 6.54 Å². The van der Waals surface area contributed by atoms with Crippen molar-refractivity contribution in [3.63, 3.8) is 0 Å². The number of hydrogen-bond donors (Lipinski definition) is 2. The first-order chi connectivity index (χ1) is 12.4. The first-order valence-corrected chi connectivity index (χ1v) is 8.11. The van der Waals surface area contributed by atoms with Gasteiger partial charge in [0.2, 0.25) is 0 Å². The van der Waals surface area contributed by atoms with Crippen LogP contribution in [0, 0.1) is 11.6 Å². The fourth-order valence-electron chi connectivity index (χ4n) is 2.57. The monoisotopic (exact) mass is 360 g/mol. The molecule has 0 saturated carbocycles. The first kappa shape index (κ1) is 17.9. The summed E-state index contributed by atoms with van der Waals surface area (Å²) >= 11 is 0. The van der Waals surface area contributed by atoms with E-state index >= 15 is 0 Å². The van der Waals surface area contributed by atoms with E-state index in [1.54, 1.807) is 16.9 Å². The van der Waals surface area contributed by atoms with Gasteiger partial charge in [0, 0.05) is 24.2 Å². The Kier molecular flexibility index (Phi) is 4.94. The molecule has 0 radical (unpaired) electrons. The van der Waals surface area contributed by atoms with Gasteiger partial charge in [-0.2, -0.15) is 5.10 Å². The van der Waals surface area contributed by atoms with E-state index in [4.69, 9.17) is 0 Å². The molecule has 0 aliphatic carbocycles. The molecule has 136 valence electrons. The first-order valence-electron chi connectivity index (χ1n) is 8.11. The summed E-state index contributed by atoms with van der Waals surface area (Å²) < 4.78 is 27.9. The van der Waals surface area contributed by atoms with Crippen LogP contribution >= 0.6 is 0 Å². The number of halogens is 2. The van der Waals surface area contributed by atoms with Gasteiger partial charge in [0.15, 0.2) is 17.3 Å². The maximum Gasteiger partial charge on any atom is 0.252 e. The molecular weight excluding hydrogens is 342 g/mol. The van der Waals surface area contributed by atoms with Crippen molar-refractivity contribution in [1.82, 2.24) is 20.1 Å². The Morgan fingerprint density at radius 2 is 2.00 bits per heavy atom. The normalized spacial score (nSPS) is 12.5. The van der Waals surface area contributed by atoms with Gasteiger partial charge in [-0.25, -0.2) is 18.4 Å². The zero-order valence-electron chi connectivity index (χ0n) is 14.3. The number of aliphatic hydroxyl groups excluding tert-OH is 1. The predicted molar refractivity (Wildman–Crippen MR) is 91.6 cm³/mol. The van der Waals surface area contributed by atoms with Gasteiger partial charge >= 0.3 is 0 Å². The third-order valence-corrected chi connectivity index (χ3v) is 3.97. The van der Waals surface area contributed by atoms with Crippen molar-refractivity contribution in [3.8, 4) is 0 Å². The number of hydrogen-bond acceptors (Lipinski definition) is 4. The van der Waals surface area contributed by atoms with Gasteiger partial charge in [-0.05, 0) is 37.6 Å². The lowest BCUT2D eigenvalue weighted by molar-refractivity contribution is 0.0916. The van der Waals surface area contributed by atoms with E-state index in [1.807, 2.05) is 13.8 Å². The van der Waals surface area contributed by atoms with E-state index in [2.05, 4.69) is 15.4 Å². The molecule has 1 amide bonds. The standard InChI is InChI=1S/C18H18F2N4O2/c1-10(2)24-17-12(8-23-24)5-13(7-21-17)18(26)22-9-16(25)11-3-4-14(19)15(20)6-11/h3-8,10,16,25H,9H2,1-2H3,(H,22,26)/t16-/m1/s1. The highest BCUT2D eigenvalue weighted by molar-refractivity contribution is 5.96. The summed E-state index contributed by atoms with van der Waals surface area (Å²) in [4.78, 5) is 16.5. The third-order valence-electron chi connectivity index (χ3n) is 3.97. The molecule has 1 aromatic carbocycles. The maximum atomic E-state index is 13.2. The number of nitrogens with zero attached hydrogens (tertiary/aromatic N) is 3. The molecule has 0 fully saturated rings. The van der Waals surface area contributed by atoms with Crippen LogP contribution < -0.4 is 5.32 Å². The summed E-state index contributed by atoms with van der Waals surface area (Å²) in [5.74, 6) is -2.48. The van der Waals surface area contributed by atoms with Crippen LogP contribution in [-0.4, -0.2) is 32.3 Å². The molecule has 0 spiro atoms. The minimum atomic E-state index is -1.16. The van der Waals surface area contributed by atoms with E-state index in [9.17, 15) is 18.7 Å². The summed E-state index contributed by atoms with van der Waals surface area (Å²) in [5.41, 5.74) is 1.17. The Morgan fingerprint density at radius 1 is 1.23 bits per heavy atom. The van der Waals surface area contributed by atoms with Crippen molar-refractivity contribution in [1.29, 1.82) is 0 Å². The summed E-state index contributed by atoms with van der Waals surface area (Å²) in [6.07, 6.45) is 1.91. The fourth-order valence-corrected chi connectivity index (χ4v) is 2.57. The van der Waals surface area contributed by atoms with Crippen molar-refractivity contribution < 1.29 is 18.7 Å². The van der Waals surface area contributed by atoms with Crippen LogP contribution in [0.25, 0.3) is 11.0 Å². The highest BCUT2D eigenvalue weighted by atomic mass is 19.2. The number of pyridine rings is 1. The minimum absolute atomic E-state index is 0.144. The van der Waals surface area contributed by atoms with Crippen LogP contribution in [0.5, 0.6) is 0 Å². The molecule has 0 aliphatic rings. The summed E-state index contributed by atoms with van der Waals surface area (Å²) in [7, 11) is 0. The van der Waals surface area contributed by atoms with Gasteiger partial charge < -0.3 is 10.4 Å². The number of benzene rings is 1. The molecular formula is C18H18F2N4O2. The quantitative estimate of drug-likeness (QED) is 0.733. The lowest BCUT2D eigenvalue weighted by Crippen LogP contribution is -2.28. The van der Waals surface area contributed by atoms with Crippen LogP contribution in [0.4, 0.5) is 8.78 Å². The van der Waals surface area contributed by atoms with Crippen LogP contribution in [0.15, 0.2) is 36.7 Å². The Labute approximate surface area is 148 Å². The topological polar surface area (TPSA) is 80.0 Å². The van der Waals surface area contributed by atoms with Crippen molar-refractivity contribution in [3.05, 3.63) is 59.4 Å². The van der Waals surface area contributed by atoms with Gasteiger partial charge in [-0.3, -0.25) is 4.79 Å². The zero-order valence-corrected chi connectivity index (χ0v) is 14.3. The molecule has 1 atom stereocenters. The molecule has 2 N–H and O–H groups in total. The lowest BCUT2D eigenvalue weighted by atomic mass is 10.1. The van der Waals surface area contributed by atoms with E-state index in [1.165, 1.54) is 12.3 Å². The van der Waals surface area contributed by atoms with Gasteiger partial charge in [0.1, 0.15) is 0 Å². The largest absolute Gasteiger partial charge is 0.387 e. The molecule has 2 heterocycles. The summed E-state index contributed by atoms with van der Waals surface area (Å²) in [6.45, 7) is 3.82. The third kappa shape index (κ3) is 3.55. The summed E-state index contributed by atoms with van der Waals surface area (Å²) in [6, 6.07) is 4.90. The van der Waals surface area contributed by atoms with Crippen molar-refractivity contribution in [2.45, 2.75) is 26.0 Å². The molecule has 3 aromatic rings. The zero-order chi connectivity index (χ0) is 18.8. The Bertz CT molecular complexity index is 956. The Hall–Kier alpha value is -2.87. The molecule has 0 bridgehead atoms. The number of carbonyl (C=O) groups is 1. The number of aromatic nitrogens is 3. The number of nitrogens with one attached hydrogen (secondary N) is 1. The molecule has 2 aromatic heterocycles.